The second-order valence-electron chi connectivity index (χ2n) is 12.1. The van der Waals surface area contributed by atoms with Gasteiger partial charge in [0.2, 0.25) is 0 Å². The van der Waals surface area contributed by atoms with Crippen LogP contribution in [-0.2, 0) is 0 Å². The van der Waals surface area contributed by atoms with E-state index in [4.69, 9.17) is 6.57 Å². The van der Waals surface area contributed by atoms with Gasteiger partial charge in [-0.1, -0.05) is 116 Å². The van der Waals surface area contributed by atoms with Gasteiger partial charge >= 0.3 is 0 Å². The second kappa shape index (κ2) is 10.7. The van der Waals surface area contributed by atoms with Crippen LogP contribution >= 0.6 is 0 Å². The van der Waals surface area contributed by atoms with Gasteiger partial charge in [0.25, 0.3) is 0 Å². The second-order valence-corrected chi connectivity index (χ2v) is 12.1. The molecule has 1 saturated carbocycles. The standard InChI is InChI=1S/C42H30N2/c1-44-34-19-15-32(16-20-34)40-25-39(31-13-11-29(12-14-31)28-5-3-2-4-6-28)38-24-23-36-35(30-9-7-27(26-43)8-10-30)21-17-33-18-22-37(40)42(38)41(33)36/h7-25,28H,2-6H2. The van der Waals surface area contributed by atoms with Crippen LogP contribution in [0.5, 0.6) is 0 Å². The zero-order valence-electron chi connectivity index (χ0n) is 24.5. The lowest BCUT2D eigenvalue weighted by atomic mass is 9.82. The molecule has 0 heterocycles. The monoisotopic (exact) mass is 562 g/mol. The van der Waals surface area contributed by atoms with E-state index in [1.165, 1.54) is 92.2 Å². The Morgan fingerprint density at radius 2 is 1.11 bits per heavy atom. The van der Waals surface area contributed by atoms with Gasteiger partial charge in [0.1, 0.15) is 0 Å². The quantitative estimate of drug-likeness (QED) is 0.155. The Hall–Kier alpha value is -5.44. The minimum absolute atomic E-state index is 0.650. The Kier molecular flexibility index (Phi) is 6.36. The third-order valence-corrected chi connectivity index (χ3v) is 9.71. The van der Waals surface area contributed by atoms with Gasteiger partial charge in [-0.05, 0) is 108 Å². The highest BCUT2D eigenvalue weighted by Gasteiger charge is 2.20. The van der Waals surface area contributed by atoms with Gasteiger partial charge in [-0.25, -0.2) is 4.85 Å². The molecule has 0 amide bonds. The molecule has 0 bridgehead atoms. The van der Waals surface area contributed by atoms with E-state index in [9.17, 15) is 5.26 Å². The highest BCUT2D eigenvalue weighted by molar-refractivity contribution is 6.29. The van der Waals surface area contributed by atoms with Crippen molar-refractivity contribution in [3.8, 4) is 39.4 Å². The smallest absolute Gasteiger partial charge is 0.187 e. The summed E-state index contributed by atoms with van der Waals surface area (Å²) in [6.07, 6.45) is 6.63. The van der Waals surface area contributed by atoms with Crippen molar-refractivity contribution < 1.29 is 0 Å². The number of benzene rings is 7. The van der Waals surface area contributed by atoms with Gasteiger partial charge in [-0.3, -0.25) is 0 Å². The highest BCUT2D eigenvalue weighted by atomic mass is 14.6. The van der Waals surface area contributed by atoms with Crippen molar-refractivity contribution in [2.24, 2.45) is 0 Å². The van der Waals surface area contributed by atoms with E-state index in [-0.39, 0.29) is 0 Å². The zero-order chi connectivity index (χ0) is 29.6. The maximum atomic E-state index is 9.34. The molecule has 8 rings (SSSR count). The molecule has 1 aliphatic rings. The molecule has 208 valence electrons. The maximum absolute atomic E-state index is 9.34. The van der Waals surface area contributed by atoms with E-state index in [1.54, 1.807) is 0 Å². The topological polar surface area (TPSA) is 28.1 Å². The molecule has 1 aliphatic carbocycles. The van der Waals surface area contributed by atoms with Gasteiger partial charge in [0, 0.05) is 0 Å². The van der Waals surface area contributed by atoms with Crippen LogP contribution in [0.4, 0.5) is 5.69 Å². The molecule has 0 N–H and O–H groups in total. The van der Waals surface area contributed by atoms with E-state index < -0.39 is 0 Å². The molecular weight excluding hydrogens is 532 g/mol. The Morgan fingerprint density at radius 1 is 0.568 bits per heavy atom. The molecule has 0 unspecified atom stereocenters. The zero-order valence-corrected chi connectivity index (χ0v) is 24.5. The molecule has 2 heteroatoms. The van der Waals surface area contributed by atoms with Crippen molar-refractivity contribution >= 4 is 38.0 Å². The fourth-order valence-corrected chi connectivity index (χ4v) is 7.44. The van der Waals surface area contributed by atoms with Crippen molar-refractivity contribution in [3.63, 3.8) is 0 Å². The number of rotatable bonds is 4. The highest BCUT2D eigenvalue weighted by Crippen LogP contribution is 2.46. The Labute approximate surface area is 258 Å². The Bertz CT molecular complexity index is 2240. The number of nitrogens with zero attached hydrogens (tertiary/aromatic N) is 2. The molecule has 0 saturated heterocycles. The van der Waals surface area contributed by atoms with E-state index in [0.29, 0.717) is 17.2 Å². The van der Waals surface area contributed by atoms with Crippen molar-refractivity contribution in [3.05, 3.63) is 138 Å². The van der Waals surface area contributed by atoms with Gasteiger partial charge in [-0.2, -0.15) is 5.26 Å². The van der Waals surface area contributed by atoms with Crippen LogP contribution in [0.1, 0.15) is 49.1 Å². The molecule has 7 aromatic rings. The van der Waals surface area contributed by atoms with Crippen LogP contribution in [-0.4, -0.2) is 0 Å². The van der Waals surface area contributed by atoms with Crippen LogP contribution < -0.4 is 0 Å². The molecule has 0 atom stereocenters. The first kappa shape index (κ1) is 26.2. The van der Waals surface area contributed by atoms with Crippen molar-refractivity contribution in [2.45, 2.75) is 38.0 Å². The molecule has 2 nitrogen and oxygen atoms in total. The lowest BCUT2D eigenvalue weighted by Gasteiger charge is -2.22. The summed E-state index contributed by atoms with van der Waals surface area (Å²) in [5.41, 5.74) is 9.81. The first-order chi connectivity index (χ1) is 21.7. The first-order valence-electron chi connectivity index (χ1n) is 15.5. The average Bonchev–Trinajstić information content (AvgIpc) is 3.11. The Morgan fingerprint density at radius 3 is 1.75 bits per heavy atom. The fraction of sp³-hybridized carbons (Fsp3) is 0.143. The molecule has 1 fully saturated rings. The summed E-state index contributed by atoms with van der Waals surface area (Å²) in [7, 11) is 0. The predicted molar refractivity (Wildman–Crippen MR) is 183 cm³/mol. The van der Waals surface area contributed by atoms with Crippen molar-refractivity contribution in [1.82, 2.24) is 0 Å². The number of hydrogen-bond acceptors (Lipinski definition) is 1. The Balaban J connectivity index is 1.39. The summed E-state index contributed by atoms with van der Waals surface area (Å²) < 4.78 is 0. The lowest BCUT2D eigenvalue weighted by molar-refractivity contribution is 0.443. The third-order valence-electron chi connectivity index (χ3n) is 9.71. The predicted octanol–water partition coefficient (Wildman–Crippen LogP) is 12.1. The summed E-state index contributed by atoms with van der Waals surface area (Å²) >= 11 is 0. The van der Waals surface area contributed by atoms with Crippen LogP contribution in [0, 0.1) is 17.9 Å². The SMILES string of the molecule is [C-]#[N+]c1ccc(-c2cc(-c3ccc(C4CCCCC4)cc3)c3ccc4c(-c5ccc(C#N)cc5)ccc5ccc2c3c54)cc1. The third kappa shape index (κ3) is 4.31. The minimum atomic E-state index is 0.650. The van der Waals surface area contributed by atoms with Crippen LogP contribution in [0.25, 0.3) is 70.5 Å². The summed E-state index contributed by atoms with van der Waals surface area (Å²) in [6.45, 7) is 7.45. The van der Waals surface area contributed by atoms with Gasteiger partial charge in [0.05, 0.1) is 18.2 Å². The van der Waals surface area contributed by atoms with Gasteiger partial charge in [0.15, 0.2) is 5.69 Å². The van der Waals surface area contributed by atoms with Crippen LogP contribution in [0.2, 0.25) is 0 Å². The molecular formula is C42H30N2. The lowest BCUT2D eigenvalue weighted by Crippen LogP contribution is -2.04. The van der Waals surface area contributed by atoms with E-state index in [1.807, 2.05) is 36.4 Å². The largest absolute Gasteiger partial charge is 0.238 e. The normalized spacial score (nSPS) is 13.8. The number of hydrogen-bond donors (Lipinski definition) is 0. The summed E-state index contributed by atoms with van der Waals surface area (Å²) in [6, 6.07) is 43.4. The molecule has 0 spiro atoms. The van der Waals surface area contributed by atoms with Gasteiger partial charge in [-0.15, -0.1) is 0 Å². The summed E-state index contributed by atoms with van der Waals surface area (Å²) in [4.78, 5) is 3.63. The minimum Gasteiger partial charge on any atom is -0.238 e. The molecule has 7 aromatic carbocycles. The molecule has 44 heavy (non-hydrogen) atoms. The van der Waals surface area contributed by atoms with Crippen molar-refractivity contribution in [1.29, 1.82) is 5.26 Å². The van der Waals surface area contributed by atoms with Crippen LogP contribution in [0.15, 0.2) is 115 Å². The summed E-state index contributed by atoms with van der Waals surface area (Å²) in [5.74, 6) is 0.677. The summed E-state index contributed by atoms with van der Waals surface area (Å²) in [5, 5.41) is 16.8. The maximum Gasteiger partial charge on any atom is 0.187 e. The first-order valence-corrected chi connectivity index (χ1v) is 15.5. The molecule has 0 aliphatic heterocycles. The van der Waals surface area contributed by atoms with Crippen molar-refractivity contribution in [2.75, 3.05) is 0 Å². The molecule has 0 radical (unpaired) electrons. The van der Waals surface area contributed by atoms with Gasteiger partial charge < -0.3 is 0 Å². The number of nitriles is 1. The van der Waals surface area contributed by atoms with Crippen LogP contribution in [0.3, 0.4) is 0 Å². The molecule has 0 aromatic heterocycles. The van der Waals surface area contributed by atoms with E-state index in [0.717, 1.165) is 11.1 Å². The van der Waals surface area contributed by atoms with E-state index >= 15 is 0 Å². The average molecular weight is 563 g/mol. The fourth-order valence-electron chi connectivity index (χ4n) is 7.44. The van der Waals surface area contributed by atoms with E-state index in [2.05, 4.69) is 89.8 Å².